The summed E-state index contributed by atoms with van der Waals surface area (Å²) in [6.45, 7) is 6.44. The first-order chi connectivity index (χ1) is 9.43. The fourth-order valence-corrected chi connectivity index (χ4v) is 1.75. The molecule has 1 aromatic carbocycles. The number of nitrogens with one attached hydrogen (secondary N) is 2. The fourth-order valence-electron chi connectivity index (χ4n) is 1.75. The van der Waals surface area contributed by atoms with Gasteiger partial charge in [0.15, 0.2) is 0 Å². The molecule has 0 aliphatic heterocycles. The van der Waals surface area contributed by atoms with Crippen molar-refractivity contribution in [3.05, 3.63) is 35.4 Å². The van der Waals surface area contributed by atoms with Gasteiger partial charge in [-0.25, -0.2) is 9.59 Å². The van der Waals surface area contributed by atoms with E-state index in [1.807, 2.05) is 6.92 Å². The van der Waals surface area contributed by atoms with Gasteiger partial charge < -0.3 is 15.7 Å². The van der Waals surface area contributed by atoms with Gasteiger partial charge in [-0.3, -0.25) is 0 Å². The van der Waals surface area contributed by atoms with Gasteiger partial charge >= 0.3 is 12.0 Å². The lowest BCUT2D eigenvalue weighted by molar-refractivity contribution is 0.0696. The topological polar surface area (TPSA) is 78.4 Å². The third kappa shape index (κ3) is 4.91. The van der Waals surface area contributed by atoms with Crippen LogP contribution in [0.1, 0.15) is 43.1 Å². The summed E-state index contributed by atoms with van der Waals surface area (Å²) in [6.07, 6.45) is 1.00. The molecule has 110 valence electrons. The van der Waals surface area contributed by atoms with Crippen molar-refractivity contribution < 1.29 is 14.7 Å². The summed E-state index contributed by atoms with van der Waals surface area (Å²) in [6, 6.07) is 6.40. The Morgan fingerprint density at radius 3 is 2.60 bits per heavy atom. The number of benzene rings is 1. The smallest absolute Gasteiger partial charge is 0.335 e. The van der Waals surface area contributed by atoms with E-state index in [2.05, 4.69) is 24.5 Å². The molecule has 0 aromatic heterocycles. The van der Waals surface area contributed by atoms with Crippen LogP contribution < -0.4 is 10.6 Å². The molecule has 0 heterocycles. The molecule has 0 bridgehead atoms. The minimum Gasteiger partial charge on any atom is -0.478 e. The van der Waals surface area contributed by atoms with Gasteiger partial charge in [-0.1, -0.05) is 32.4 Å². The fraction of sp³-hybridized carbons (Fsp3) is 0.467. The predicted molar refractivity (Wildman–Crippen MR) is 77.7 cm³/mol. The first-order valence-electron chi connectivity index (χ1n) is 6.80. The molecule has 0 saturated heterocycles. The van der Waals surface area contributed by atoms with Gasteiger partial charge in [0.2, 0.25) is 0 Å². The average Bonchev–Trinajstić information content (AvgIpc) is 2.44. The van der Waals surface area contributed by atoms with Crippen LogP contribution in [0.5, 0.6) is 0 Å². The van der Waals surface area contributed by atoms with E-state index in [1.54, 1.807) is 18.2 Å². The third-order valence-electron chi connectivity index (χ3n) is 3.48. The van der Waals surface area contributed by atoms with E-state index in [0.717, 1.165) is 12.0 Å². The molecule has 0 aliphatic rings. The summed E-state index contributed by atoms with van der Waals surface area (Å²) in [5.41, 5.74) is 0.980. The Bertz CT molecular complexity index is 474. The first-order valence-corrected chi connectivity index (χ1v) is 6.80. The lowest BCUT2D eigenvalue weighted by Gasteiger charge is -2.20. The summed E-state index contributed by atoms with van der Waals surface area (Å²) < 4.78 is 0. The molecule has 5 nitrogen and oxygen atoms in total. The molecule has 0 saturated carbocycles. The highest BCUT2D eigenvalue weighted by Crippen LogP contribution is 2.07. The molecule has 3 N–H and O–H groups in total. The molecule has 5 heteroatoms. The molecular formula is C15H22N2O3. The second-order valence-electron chi connectivity index (χ2n) is 5.01. The predicted octanol–water partition coefficient (Wildman–Crippen LogP) is 2.62. The zero-order chi connectivity index (χ0) is 15.1. The van der Waals surface area contributed by atoms with E-state index < -0.39 is 5.97 Å². The van der Waals surface area contributed by atoms with Gasteiger partial charge in [-0.2, -0.15) is 0 Å². The van der Waals surface area contributed by atoms with Gasteiger partial charge in [-0.15, -0.1) is 0 Å². The van der Waals surface area contributed by atoms with E-state index >= 15 is 0 Å². The van der Waals surface area contributed by atoms with E-state index in [0.29, 0.717) is 12.5 Å². The quantitative estimate of drug-likeness (QED) is 0.748. The minimum atomic E-state index is -0.971. The Morgan fingerprint density at radius 1 is 1.30 bits per heavy atom. The monoisotopic (exact) mass is 278 g/mol. The minimum absolute atomic E-state index is 0.102. The molecule has 0 aliphatic carbocycles. The van der Waals surface area contributed by atoms with Gasteiger partial charge in [0, 0.05) is 12.6 Å². The SMILES string of the molecule is CCC(C)C(C)NC(=O)NCc1cccc(C(=O)O)c1. The molecule has 1 aromatic rings. The van der Waals surface area contributed by atoms with Gasteiger partial charge in [0.05, 0.1) is 5.56 Å². The lowest BCUT2D eigenvalue weighted by atomic mass is 10.0. The van der Waals surface area contributed by atoms with Crippen LogP contribution in [-0.4, -0.2) is 23.1 Å². The van der Waals surface area contributed by atoms with Crippen LogP contribution >= 0.6 is 0 Å². The molecule has 0 spiro atoms. The average molecular weight is 278 g/mol. The second kappa shape index (κ2) is 7.53. The number of aromatic carboxylic acids is 1. The van der Waals surface area contributed by atoms with E-state index in [1.165, 1.54) is 6.07 Å². The van der Waals surface area contributed by atoms with Gasteiger partial charge in [-0.05, 0) is 30.5 Å². The Morgan fingerprint density at radius 2 is 2.00 bits per heavy atom. The van der Waals surface area contributed by atoms with Crippen LogP contribution in [0.2, 0.25) is 0 Å². The Labute approximate surface area is 119 Å². The number of carboxylic acids is 1. The standard InChI is InChI=1S/C15H22N2O3/c1-4-10(2)11(3)17-15(20)16-9-12-6-5-7-13(8-12)14(18)19/h5-8,10-11H,4,9H2,1-3H3,(H,18,19)(H2,16,17,20). The molecule has 2 atom stereocenters. The highest BCUT2D eigenvalue weighted by molar-refractivity contribution is 5.87. The van der Waals surface area contributed by atoms with Crippen LogP contribution in [-0.2, 0) is 6.54 Å². The van der Waals surface area contributed by atoms with Crippen molar-refractivity contribution in [2.45, 2.75) is 39.8 Å². The third-order valence-corrected chi connectivity index (χ3v) is 3.48. The van der Waals surface area contributed by atoms with Crippen molar-refractivity contribution in [3.8, 4) is 0 Å². The second-order valence-corrected chi connectivity index (χ2v) is 5.01. The molecular weight excluding hydrogens is 256 g/mol. The zero-order valence-electron chi connectivity index (χ0n) is 12.1. The molecule has 20 heavy (non-hydrogen) atoms. The van der Waals surface area contributed by atoms with Gasteiger partial charge in [0.25, 0.3) is 0 Å². The van der Waals surface area contributed by atoms with Crippen LogP contribution in [0.15, 0.2) is 24.3 Å². The largest absolute Gasteiger partial charge is 0.478 e. The van der Waals surface area contributed by atoms with Crippen molar-refractivity contribution >= 4 is 12.0 Å². The maximum absolute atomic E-state index is 11.7. The van der Waals surface area contributed by atoms with Crippen molar-refractivity contribution in [3.63, 3.8) is 0 Å². The molecule has 1 rings (SSSR count). The van der Waals surface area contributed by atoms with Crippen LogP contribution in [0.25, 0.3) is 0 Å². The van der Waals surface area contributed by atoms with Crippen molar-refractivity contribution in [1.29, 1.82) is 0 Å². The highest BCUT2D eigenvalue weighted by Gasteiger charge is 2.12. The van der Waals surface area contributed by atoms with Crippen LogP contribution in [0.4, 0.5) is 4.79 Å². The lowest BCUT2D eigenvalue weighted by Crippen LogP contribution is -2.43. The Balaban J connectivity index is 2.49. The first kappa shape index (κ1) is 16.0. The summed E-state index contributed by atoms with van der Waals surface area (Å²) in [4.78, 5) is 22.6. The maximum atomic E-state index is 11.7. The van der Waals surface area contributed by atoms with E-state index in [9.17, 15) is 9.59 Å². The number of rotatable bonds is 6. The van der Waals surface area contributed by atoms with Crippen LogP contribution in [0.3, 0.4) is 0 Å². The Kier molecular flexibility index (Phi) is 6.03. The summed E-state index contributed by atoms with van der Waals surface area (Å²) >= 11 is 0. The molecule has 2 unspecified atom stereocenters. The number of carbonyl (C=O) groups excluding carboxylic acids is 1. The van der Waals surface area contributed by atoms with E-state index in [-0.39, 0.29) is 17.6 Å². The molecule has 2 amide bonds. The van der Waals surface area contributed by atoms with Crippen molar-refractivity contribution in [2.24, 2.45) is 5.92 Å². The van der Waals surface area contributed by atoms with Gasteiger partial charge in [0.1, 0.15) is 0 Å². The number of amides is 2. The summed E-state index contributed by atoms with van der Waals surface area (Å²) in [5.74, 6) is -0.558. The number of hydrogen-bond donors (Lipinski definition) is 3. The molecule has 0 radical (unpaired) electrons. The maximum Gasteiger partial charge on any atom is 0.335 e. The van der Waals surface area contributed by atoms with Crippen LogP contribution in [0, 0.1) is 5.92 Å². The van der Waals surface area contributed by atoms with E-state index in [4.69, 9.17) is 5.11 Å². The highest BCUT2D eigenvalue weighted by atomic mass is 16.4. The number of carbonyl (C=O) groups is 2. The molecule has 0 fully saturated rings. The van der Waals surface area contributed by atoms with Crippen molar-refractivity contribution in [1.82, 2.24) is 10.6 Å². The summed E-state index contributed by atoms with van der Waals surface area (Å²) in [5, 5.41) is 14.5. The number of hydrogen-bond acceptors (Lipinski definition) is 2. The van der Waals surface area contributed by atoms with Crippen molar-refractivity contribution in [2.75, 3.05) is 0 Å². The zero-order valence-corrected chi connectivity index (χ0v) is 12.1. The Hall–Kier alpha value is -2.04. The summed E-state index contributed by atoms with van der Waals surface area (Å²) in [7, 11) is 0. The number of carboxylic acid groups (broad SMARTS) is 1. The number of urea groups is 1. The normalized spacial score (nSPS) is 13.3.